The van der Waals surface area contributed by atoms with E-state index in [0.717, 1.165) is 57.3 Å². The van der Waals surface area contributed by atoms with Gasteiger partial charge in [-0.15, -0.1) is 0 Å². The first-order chi connectivity index (χ1) is 23.8. The van der Waals surface area contributed by atoms with Crippen molar-refractivity contribution in [3.05, 3.63) is 180 Å². The number of rotatable bonds is 4. The Morgan fingerprint density at radius 3 is 2.25 bits per heavy atom. The normalized spacial score (nSPS) is 16.2. The van der Waals surface area contributed by atoms with E-state index in [1.807, 2.05) is 18.3 Å². The van der Waals surface area contributed by atoms with Crippen molar-refractivity contribution in [3.8, 4) is 33.6 Å². The Morgan fingerprint density at radius 1 is 0.625 bits per heavy atom. The Hall–Kier alpha value is -6.06. The highest BCUT2D eigenvalue weighted by Gasteiger charge is 2.25. The Bertz CT molecular complexity index is 2540. The molecule has 0 aliphatic heterocycles. The van der Waals surface area contributed by atoms with Gasteiger partial charge < -0.3 is 4.42 Å². The Labute approximate surface area is 278 Å². The number of para-hydroxylation sites is 2. The Morgan fingerprint density at radius 2 is 1.35 bits per heavy atom. The van der Waals surface area contributed by atoms with Crippen molar-refractivity contribution in [1.82, 2.24) is 9.97 Å². The van der Waals surface area contributed by atoms with Gasteiger partial charge in [0.1, 0.15) is 11.2 Å². The van der Waals surface area contributed by atoms with Gasteiger partial charge in [-0.05, 0) is 87.2 Å². The fourth-order valence-electron chi connectivity index (χ4n) is 7.86. The van der Waals surface area contributed by atoms with Crippen LogP contribution in [0.15, 0.2) is 162 Å². The summed E-state index contributed by atoms with van der Waals surface area (Å²) in [7, 11) is 0. The summed E-state index contributed by atoms with van der Waals surface area (Å²) in [6.45, 7) is 0. The number of allylic oxidation sites excluding steroid dienone is 8. The second-order valence-electron chi connectivity index (χ2n) is 12.9. The van der Waals surface area contributed by atoms with Gasteiger partial charge in [-0.1, -0.05) is 115 Å². The number of benzene rings is 4. The first-order valence-corrected chi connectivity index (χ1v) is 16.6. The molecule has 0 saturated heterocycles. The zero-order valence-electron chi connectivity index (χ0n) is 26.2. The van der Waals surface area contributed by atoms with E-state index < -0.39 is 0 Å². The molecular weight excluding hydrogens is 585 g/mol. The topological polar surface area (TPSA) is 38.9 Å². The van der Waals surface area contributed by atoms with Crippen LogP contribution in [0.3, 0.4) is 0 Å². The lowest BCUT2D eigenvalue weighted by molar-refractivity contribution is 0.670. The molecule has 3 nitrogen and oxygen atoms in total. The van der Waals surface area contributed by atoms with Crippen LogP contribution in [0, 0.1) is 5.92 Å². The molecule has 0 N–H and O–H groups in total. The molecule has 4 aromatic carbocycles. The second-order valence-corrected chi connectivity index (χ2v) is 12.9. The number of fused-ring (bicyclic) bond motifs is 7. The number of hydrogen-bond donors (Lipinski definition) is 0. The van der Waals surface area contributed by atoms with E-state index in [4.69, 9.17) is 14.4 Å². The van der Waals surface area contributed by atoms with Crippen LogP contribution in [0.4, 0.5) is 0 Å². The molecule has 0 fully saturated rings. The van der Waals surface area contributed by atoms with Gasteiger partial charge in [0.2, 0.25) is 0 Å². The van der Waals surface area contributed by atoms with E-state index in [-0.39, 0.29) is 0 Å². The van der Waals surface area contributed by atoms with Gasteiger partial charge in [0.15, 0.2) is 0 Å². The van der Waals surface area contributed by atoms with Crippen molar-refractivity contribution in [3.63, 3.8) is 0 Å². The maximum absolute atomic E-state index is 6.27. The van der Waals surface area contributed by atoms with Crippen molar-refractivity contribution in [1.29, 1.82) is 0 Å². The SMILES string of the molecule is C1=CC2=CC(c3ccc(-c4cccc5c4oc4ccccc45)nc3)=CCC2C(c2ccc(-c3cccc4c3Cc3ccccc3-4)nc2)=C1. The monoisotopic (exact) mass is 614 g/mol. The first kappa shape index (κ1) is 27.1. The maximum atomic E-state index is 6.27. The minimum atomic E-state index is 0.305. The molecule has 3 heterocycles. The maximum Gasteiger partial charge on any atom is 0.144 e. The summed E-state index contributed by atoms with van der Waals surface area (Å²) in [6.07, 6.45) is 17.3. The fourth-order valence-corrected chi connectivity index (χ4v) is 7.86. The Balaban J connectivity index is 0.900. The summed E-state index contributed by atoms with van der Waals surface area (Å²) in [5, 5.41) is 2.25. The number of aromatic nitrogens is 2. The largest absolute Gasteiger partial charge is 0.455 e. The number of hydrogen-bond acceptors (Lipinski definition) is 3. The molecule has 48 heavy (non-hydrogen) atoms. The predicted octanol–water partition coefficient (Wildman–Crippen LogP) is 11.3. The molecule has 1 atom stereocenters. The zero-order valence-corrected chi connectivity index (χ0v) is 26.2. The molecule has 0 bridgehead atoms. The van der Waals surface area contributed by atoms with Crippen LogP contribution in [0.25, 0.3) is 66.7 Å². The lowest BCUT2D eigenvalue weighted by Gasteiger charge is -2.27. The van der Waals surface area contributed by atoms with Crippen LogP contribution in [0.5, 0.6) is 0 Å². The van der Waals surface area contributed by atoms with Crippen molar-refractivity contribution in [2.75, 3.05) is 0 Å². The van der Waals surface area contributed by atoms with Gasteiger partial charge in [0.05, 0.1) is 11.4 Å². The number of pyridine rings is 2. The lowest BCUT2D eigenvalue weighted by atomic mass is 9.77. The summed E-state index contributed by atoms with van der Waals surface area (Å²) in [5.41, 5.74) is 17.6. The van der Waals surface area contributed by atoms with Gasteiger partial charge in [0.25, 0.3) is 0 Å². The smallest absolute Gasteiger partial charge is 0.144 e. The summed E-state index contributed by atoms with van der Waals surface area (Å²) in [4.78, 5) is 9.92. The zero-order chi connectivity index (χ0) is 31.6. The van der Waals surface area contributed by atoms with E-state index in [1.165, 1.54) is 50.1 Å². The van der Waals surface area contributed by atoms with E-state index in [9.17, 15) is 0 Å². The molecule has 3 aromatic heterocycles. The molecule has 0 radical (unpaired) electrons. The van der Waals surface area contributed by atoms with Gasteiger partial charge >= 0.3 is 0 Å². The fraction of sp³-hybridized carbons (Fsp3) is 0.0667. The summed E-state index contributed by atoms with van der Waals surface area (Å²) < 4.78 is 6.27. The highest BCUT2D eigenvalue weighted by Crippen LogP contribution is 2.43. The first-order valence-electron chi connectivity index (χ1n) is 16.6. The van der Waals surface area contributed by atoms with Crippen LogP contribution >= 0.6 is 0 Å². The third-order valence-corrected chi connectivity index (χ3v) is 10.2. The molecule has 0 amide bonds. The van der Waals surface area contributed by atoms with Crippen molar-refractivity contribution in [2.24, 2.45) is 5.92 Å². The van der Waals surface area contributed by atoms with Gasteiger partial charge in [-0.25, -0.2) is 0 Å². The molecule has 7 aromatic rings. The highest BCUT2D eigenvalue weighted by molar-refractivity contribution is 6.09. The number of furan rings is 1. The Kier molecular flexibility index (Phi) is 6.07. The van der Waals surface area contributed by atoms with Crippen LogP contribution in [-0.2, 0) is 6.42 Å². The molecule has 0 spiro atoms. The van der Waals surface area contributed by atoms with Crippen molar-refractivity contribution < 1.29 is 4.42 Å². The quantitative estimate of drug-likeness (QED) is 0.198. The molecule has 0 saturated carbocycles. The molecule has 226 valence electrons. The summed E-state index contributed by atoms with van der Waals surface area (Å²) in [6, 6.07) is 38.6. The molecule has 1 unspecified atom stereocenters. The van der Waals surface area contributed by atoms with E-state index in [1.54, 1.807) is 0 Å². The van der Waals surface area contributed by atoms with Crippen molar-refractivity contribution in [2.45, 2.75) is 12.8 Å². The van der Waals surface area contributed by atoms with E-state index in [2.05, 4.69) is 134 Å². The van der Waals surface area contributed by atoms with Crippen LogP contribution in [0.2, 0.25) is 0 Å². The van der Waals surface area contributed by atoms with Gasteiger partial charge in [-0.2, -0.15) is 0 Å². The molecule has 3 aliphatic carbocycles. The van der Waals surface area contributed by atoms with E-state index >= 15 is 0 Å². The average molecular weight is 615 g/mol. The minimum absolute atomic E-state index is 0.305. The third-order valence-electron chi connectivity index (χ3n) is 10.2. The van der Waals surface area contributed by atoms with Crippen LogP contribution in [0.1, 0.15) is 28.7 Å². The third kappa shape index (κ3) is 4.28. The van der Waals surface area contributed by atoms with Crippen molar-refractivity contribution >= 4 is 33.1 Å². The average Bonchev–Trinajstić information content (AvgIpc) is 3.73. The van der Waals surface area contributed by atoms with Gasteiger partial charge in [0, 0.05) is 40.2 Å². The lowest BCUT2D eigenvalue weighted by Crippen LogP contribution is -2.11. The minimum Gasteiger partial charge on any atom is -0.455 e. The molecule has 3 heteroatoms. The van der Waals surface area contributed by atoms with Gasteiger partial charge in [-0.3, -0.25) is 9.97 Å². The van der Waals surface area contributed by atoms with Crippen LogP contribution in [-0.4, -0.2) is 9.97 Å². The molecule has 3 aliphatic rings. The standard InChI is InChI=1S/C45H30N2O/c1-2-10-33-30(8-1)25-41-36(33)13-6-14-37(41)42-23-20-32(27-47-42)34-12-5-9-29-24-28(18-21-35(29)34)31-19-22-43(46-26-31)40-16-7-15-39-38-11-3-4-17-44(38)48-45(39)40/h1-20,22-24,26-27,35H,21,25H2. The van der Waals surface area contributed by atoms with E-state index in [0.29, 0.717) is 5.92 Å². The van der Waals surface area contributed by atoms with Crippen LogP contribution < -0.4 is 0 Å². The second kappa shape index (κ2) is 10.8. The molecule has 10 rings (SSSR count). The molecular formula is C45H30N2O. The summed E-state index contributed by atoms with van der Waals surface area (Å²) >= 11 is 0. The highest BCUT2D eigenvalue weighted by atomic mass is 16.3. The number of nitrogens with zero attached hydrogens (tertiary/aromatic N) is 2. The predicted molar refractivity (Wildman–Crippen MR) is 196 cm³/mol. The summed E-state index contributed by atoms with van der Waals surface area (Å²) in [5.74, 6) is 0.305.